The highest BCUT2D eigenvalue weighted by molar-refractivity contribution is 5.53. The van der Waals surface area contributed by atoms with Gasteiger partial charge in [-0.3, -0.25) is 0 Å². The number of rotatable bonds is 0. The second-order valence-electron chi connectivity index (χ2n) is 6.12. The molecule has 0 unspecified atom stereocenters. The van der Waals surface area contributed by atoms with Crippen molar-refractivity contribution in [2.24, 2.45) is 7.05 Å². The van der Waals surface area contributed by atoms with Crippen LogP contribution in [0.2, 0.25) is 0 Å². The van der Waals surface area contributed by atoms with Gasteiger partial charge in [-0.1, -0.05) is 12.1 Å². The zero-order valence-corrected chi connectivity index (χ0v) is 13.0. The van der Waals surface area contributed by atoms with E-state index in [1.165, 1.54) is 0 Å². The molecule has 4 bridgehead atoms. The smallest absolute Gasteiger partial charge is 0.243 e. The van der Waals surface area contributed by atoms with Gasteiger partial charge >= 0.3 is 0 Å². The van der Waals surface area contributed by atoms with Crippen molar-refractivity contribution < 1.29 is 22.1 Å². The first-order valence-electron chi connectivity index (χ1n) is 7.72. The first-order valence-corrected chi connectivity index (χ1v) is 7.72. The highest BCUT2D eigenvalue weighted by atomic mass is 19.2. The second-order valence-corrected chi connectivity index (χ2v) is 6.12. The first kappa shape index (κ1) is 15.2. The molecule has 0 atom stereocenters. The normalized spacial score (nSPS) is 14.2. The largest absolute Gasteiger partial charge is 0.323 e. The molecule has 2 aliphatic heterocycles. The van der Waals surface area contributed by atoms with Crippen LogP contribution in [0.25, 0.3) is 5.52 Å². The summed E-state index contributed by atoms with van der Waals surface area (Å²) < 4.78 is 60.3. The zero-order valence-electron chi connectivity index (χ0n) is 13.0. The van der Waals surface area contributed by atoms with Crippen molar-refractivity contribution in [1.29, 1.82) is 0 Å². The van der Waals surface area contributed by atoms with E-state index in [1.807, 2.05) is 29.8 Å². The van der Waals surface area contributed by atoms with E-state index in [9.17, 15) is 17.6 Å². The third-order valence-corrected chi connectivity index (χ3v) is 4.63. The molecular formula is C18H14F4N2. The van der Waals surface area contributed by atoms with Crippen LogP contribution in [0.15, 0.2) is 18.3 Å². The Kier molecular flexibility index (Phi) is 3.37. The van der Waals surface area contributed by atoms with Crippen LogP contribution in [0.4, 0.5) is 17.6 Å². The van der Waals surface area contributed by atoms with Crippen molar-refractivity contribution in [1.82, 2.24) is 4.40 Å². The molecule has 1 aromatic carbocycles. The number of aryl methyl sites for hydroxylation is 3. The van der Waals surface area contributed by atoms with E-state index >= 15 is 0 Å². The van der Waals surface area contributed by atoms with Gasteiger partial charge in [0.1, 0.15) is 0 Å². The molecule has 2 aromatic heterocycles. The van der Waals surface area contributed by atoms with E-state index in [0.29, 0.717) is 0 Å². The number of nitrogens with zero attached hydrogens (tertiary/aromatic N) is 2. The van der Waals surface area contributed by atoms with Gasteiger partial charge in [-0.2, -0.15) is 0 Å². The summed E-state index contributed by atoms with van der Waals surface area (Å²) >= 11 is 0. The third kappa shape index (κ3) is 2.12. The SMILES string of the molecule is C[n+]1[c-]n2c3ccc(c2c1)CCc1c(F)c(F)c(c(F)c1F)CC3. The standard InChI is InChI=1S/C18H14F4N2/c1-23-8-14-10-2-4-11(24(14)9-23)5-7-13-17(21)15(19)12(6-3-10)16(20)18(13)22/h2,4,8H,3,5-7H2,1H3. The van der Waals surface area contributed by atoms with E-state index < -0.39 is 34.4 Å². The summed E-state index contributed by atoms with van der Waals surface area (Å²) in [7, 11) is 1.83. The molecule has 2 aliphatic carbocycles. The maximum absolute atomic E-state index is 14.2. The molecule has 24 heavy (non-hydrogen) atoms. The summed E-state index contributed by atoms with van der Waals surface area (Å²) in [6.45, 7) is 0. The Labute approximate surface area is 136 Å². The van der Waals surface area contributed by atoms with Crippen molar-refractivity contribution >= 4 is 5.52 Å². The maximum Gasteiger partial charge on any atom is 0.243 e. The monoisotopic (exact) mass is 334 g/mol. The number of halogens is 4. The Balaban J connectivity index is 1.96. The Morgan fingerprint density at radius 1 is 0.875 bits per heavy atom. The minimum atomic E-state index is -1.28. The van der Waals surface area contributed by atoms with Crippen LogP contribution in [0.1, 0.15) is 22.4 Å². The minimum Gasteiger partial charge on any atom is -0.323 e. The topological polar surface area (TPSA) is 8.29 Å². The van der Waals surface area contributed by atoms with Gasteiger partial charge in [-0.05, 0) is 31.2 Å². The van der Waals surface area contributed by atoms with Gasteiger partial charge in [0, 0.05) is 23.0 Å². The predicted octanol–water partition coefficient (Wildman–Crippen LogP) is 3.00. The highest BCUT2D eigenvalue weighted by Gasteiger charge is 2.25. The molecule has 0 saturated carbocycles. The zero-order chi connectivity index (χ0) is 17.0. The lowest BCUT2D eigenvalue weighted by Gasteiger charge is -2.16. The van der Waals surface area contributed by atoms with E-state index in [4.69, 9.17) is 0 Å². The average molecular weight is 334 g/mol. The molecule has 0 N–H and O–H groups in total. The molecule has 6 heteroatoms. The fourth-order valence-electron chi connectivity index (χ4n) is 3.36. The van der Waals surface area contributed by atoms with Crippen molar-refractivity contribution in [3.63, 3.8) is 0 Å². The number of hydrogen-bond donors (Lipinski definition) is 0. The molecule has 4 heterocycles. The molecular weight excluding hydrogens is 320 g/mol. The average Bonchev–Trinajstić information content (AvgIpc) is 2.94. The van der Waals surface area contributed by atoms with Gasteiger partial charge < -0.3 is 8.97 Å². The van der Waals surface area contributed by atoms with Crippen molar-refractivity contribution in [3.8, 4) is 0 Å². The molecule has 0 radical (unpaired) electrons. The van der Waals surface area contributed by atoms with Gasteiger partial charge in [0.05, 0.1) is 12.6 Å². The van der Waals surface area contributed by atoms with Crippen LogP contribution in [-0.2, 0) is 32.7 Å². The minimum absolute atomic E-state index is 0.115. The lowest BCUT2D eigenvalue weighted by atomic mass is 9.96. The fraction of sp³-hybridized carbons (Fsp3) is 0.278. The Hall–Kier alpha value is -2.37. The van der Waals surface area contributed by atoms with Crippen molar-refractivity contribution in [2.75, 3.05) is 0 Å². The second kappa shape index (κ2) is 5.33. The van der Waals surface area contributed by atoms with Crippen LogP contribution < -0.4 is 4.57 Å². The summed E-state index contributed by atoms with van der Waals surface area (Å²) in [4.78, 5) is 0. The summed E-state index contributed by atoms with van der Waals surface area (Å²) in [5.74, 6) is -5.11. The first-order chi connectivity index (χ1) is 11.5. The summed E-state index contributed by atoms with van der Waals surface area (Å²) in [6, 6.07) is 3.77. The molecule has 124 valence electrons. The molecule has 0 amide bonds. The van der Waals surface area contributed by atoms with Gasteiger partial charge in [-0.25, -0.2) is 17.6 Å². The molecule has 0 spiro atoms. The van der Waals surface area contributed by atoms with Gasteiger partial charge in [0.25, 0.3) is 0 Å². The number of hydrogen-bond acceptors (Lipinski definition) is 0. The van der Waals surface area contributed by atoms with Crippen molar-refractivity contribution in [2.45, 2.75) is 25.7 Å². The molecule has 0 fully saturated rings. The van der Waals surface area contributed by atoms with E-state index in [1.54, 1.807) is 4.57 Å². The predicted molar refractivity (Wildman–Crippen MR) is 78.5 cm³/mol. The Morgan fingerprint density at radius 3 is 2.08 bits per heavy atom. The van der Waals surface area contributed by atoms with E-state index in [2.05, 4.69) is 6.33 Å². The quantitative estimate of drug-likeness (QED) is 0.259. The molecule has 0 saturated heterocycles. The summed E-state index contributed by atoms with van der Waals surface area (Å²) in [6.07, 6.45) is 5.26. The number of pyridine rings is 1. The Bertz CT molecular complexity index is 870. The van der Waals surface area contributed by atoms with Gasteiger partial charge in [-0.15, -0.1) is 0 Å². The fourth-order valence-corrected chi connectivity index (χ4v) is 3.36. The summed E-state index contributed by atoms with van der Waals surface area (Å²) in [5.41, 5.74) is 1.43. The number of aromatic nitrogens is 2. The van der Waals surface area contributed by atoms with Crippen LogP contribution >= 0.6 is 0 Å². The lowest BCUT2D eigenvalue weighted by molar-refractivity contribution is -0.674. The van der Waals surface area contributed by atoms with Crippen LogP contribution in [0.3, 0.4) is 0 Å². The third-order valence-electron chi connectivity index (χ3n) is 4.63. The van der Waals surface area contributed by atoms with E-state index in [0.717, 1.165) is 16.8 Å². The van der Waals surface area contributed by atoms with Gasteiger partial charge in [0.2, 0.25) is 6.33 Å². The lowest BCUT2D eigenvalue weighted by Crippen LogP contribution is -2.24. The maximum atomic E-state index is 14.2. The Morgan fingerprint density at radius 2 is 1.46 bits per heavy atom. The van der Waals surface area contributed by atoms with E-state index in [-0.39, 0.29) is 25.7 Å². The number of benzene rings is 1. The van der Waals surface area contributed by atoms with Crippen LogP contribution in [-0.4, -0.2) is 4.40 Å². The number of imidazole rings is 1. The molecule has 2 nitrogen and oxygen atoms in total. The highest BCUT2D eigenvalue weighted by Crippen LogP contribution is 2.28. The van der Waals surface area contributed by atoms with Crippen molar-refractivity contribution in [3.05, 3.63) is 70.3 Å². The molecule has 3 aromatic rings. The van der Waals surface area contributed by atoms with Gasteiger partial charge in [0.15, 0.2) is 23.3 Å². The van der Waals surface area contributed by atoms with Crippen LogP contribution in [0, 0.1) is 29.6 Å². The molecule has 7 rings (SSSR count). The van der Waals surface area contributed by atoms with Crippen LogP contribution in [0.5, 0.6) is 0 Å². The summed E-state index contributed by atoms with van der Waals surface area (Å²) in [5, 5.41) is 0. The molecule has 4 aliphatic rings.